The maximum Gasteiger partial charge on any atom is 0.119 e. The Labute approximate surface area is 207 Å². The summed E-state index contributed by atoms with van der Waals surface area (Å²) in [5.74, 6) is 2.48. The van der Waals surface area contributed by atoms with Gasteiger partial charge < -0.3 is 19.3 Å². The molecular formula is C30H44N2O2. The number of hydrogen-bond donors (Lipinski definition) is 0. The molecule has 0 spiro atoms. The number of nitrogens with zero attached hydrogens (tertiary/aromatic N) is 2. The maximum atomic E-state index is 6.14. The molecule has 0 amide bonds. The summed E-state index contributed by atoms with van der Waals surface area (Å²) in [5, 5.41) is 0. The van der Waals surface area contributed by atoms with Crippen molar-refractivity contribution < 1.29 is 9.47 Å². The predicted octanol–water partition coefficient (Wildman–Crippen LogP) is 6.17. The fourth-order valence-corrected chi connectivity index (χ4v) is 5.79. The third kappa shape index (κ3) is 6.76. The van der Waals surface area contributed by atoms with E-state index in [-0.39, 0.29) is 0 Å². The first-order valence-electron chi connectivity index (χ1n) is 13.3. The van der Waals surface area contributed by atoms with Gasteiger partial charge in [-0.15, -0.1) is 0 Å². The standard InChI is InChI=1S/C30H44N2O2/c1-30(17-5-4-6-18-30)29(24-32-21-19-31(2)20-22-32)26-11-14-28(15-12-26)34-23-16-25-8-7-9-27(33-3)13-10-25/h7,9-15,29H,4-6,8,16-24H2,1-3H3. The minimum atomic E-state index is 0.401. The average molecular weight is 465 g/mol. The summed E-state index contributed by atoms with van der Waals surface area (Å²) in [6, 6.07) is 9.08. The highest BCUT2D eigenvalue weighted by molar-refractivity contribution is 5.32. The van der Waals surface area contributed by atoms with Crippen LogP contribution in [-0.2, 0) is 4.74 Å². The van der Waals surface area contributed by atoms with Gasteiger partial charge >= 0.3 is 0 Å². The van der Waals surface area contributed by atoms with Crippen LogP contribution in [0.3, 0.4) is 0 Å². The van der Waals surface area contributed by atoms with Gasteiger partial charge in [-0.3, -0.25) is 0 Å². The number of allylic oxidation sites excluding steroid dienone is 4. The third-order valence-electron chi connectivity index (χ3n) is 8.23. The summed E-state index contributed by atoms with van der Waals surface area (Å²) in [6.45, 7) is 9.19. The zero-order chi connectivity index (χ0) is 23.8. The van der Waals surface area contributed by atoms with Crippen molar-refractivity contribution in [2.24, 2.45) is 5.41 Å². The Balaban J connectivity index is 1.38. The number of ether oxygens (including phenoxy) is 2. The van der Waals surface area contributed by atoms with Gasteiger partial charge in [0.2, 0.25) is 0 Å². The zero-order valence-electron chi connectivity index (χ0n) is 21.6. The van der Waals surface area contributed by atoms with Gasteiger partial charge in [-0.1, -0.05) is 56.0 Å². The average Bonchev–Trinajstić information content (AvgIpc) is 3.10. The number of benzene rings is 1. The Morgan fingerprint density at radius 2 is 1.71 bits per heavy atom. The van der Waals surface area contributed by atoms with Crippen molar-refractivity contribution in [1.82, 2.24) is 9.80 Å². The summed E-state index contributed by atoms with van der Waals surface area (Å²) < 4.78 is 11.5. The lowest BCUT2D eigenvalue weighted by molar-refractivity contribution is 0.0956. The molecule has 0 radical (unpaired) electrons. The number of methoxy groups -OCH3 is 1. The van der Waals surface area contributed by atoms with E-state index < -0.39 is 0 Å². The summed E-state index contributed by atoms with van der Waals surface area (Å²) in [6.07, 6.45) is 17.2. The van der Waals surface area contributed by atoms with E-state index in [9.17, 15) is 0 Å². The summed E-state index contributed by atoms with van der Waals surface area (Å²) in [4.78, 5) is 5.15. The van der Waals surface area contributed by atoms with Crippen LogP contribution in [0.15, 0.2) is 59.9 Å². The minimum Gasteiger partial charge on any atom is -0.497 e. The van der Waals surface area contributed by atoms with Crippen LogP contribution in [0.25, 0.3) is 0 Å². The van der Waals surface area contributed by atoms with Crippen LogP contribution in [0.4, 0.5) is 0 Å². The third-order valence-corrected chi connectivity index (χ3v) is 8.23. The quantitative estimate of drug-likeness (QED) is 0.436. The van der Waals surface area contributed by atoms with E-state index in [4.69, 9.17) is 9.47 Å². The van der Waals surface area contributed by atoms with Gasteiger partial charge in [0, 0.05) is 45.1 Å². The largest absolute Gasteiger partial charge is 0.497 e. The maximum absolute atomic E-state index is 6.14. The molecule has 4 heteroatoms. The molecule has 2 fully saturated rings. The molecule has 1 saturated carbocycles. The van der Waals surface area contributed by atoms with Crippen LogP contribution in [0.1, 0.15) is 63.4 Å². The first-order chi connectivity index (χ1) is 16.6. The molecule has 2 aliphatic carbocycles. The van der Waals surface area contributed by atoms with Gasteiger partial charge in [0.15, 0.2) is 0 Å². The minimum absolute atomic E-state index is 0.401. The van der Waals surface area contributed by atoms with Crippen molar-refractivity contribution in [1.29, 1.82) is 0 Å². The predicted molar refractivity (Wildman–Crippen MR) is 141 cm³/mol. The second-order valence-corrected chi connectivity index (χ2v) is 10.7. The van der Waals surface area contributed by atoms with Crippen molar-refractivity contribution in [2.75, 3.05) is 53.5 Å². The van der Waals surface area contributed by atoms with E-state index >= 15 is 0 Å². The normalized spacial score (nSPS) is 22.4. The fraction of sp³-hybridized carbons (Fsp3) is 0.600. The summed E-state index contributed by atoms with van der Waals surface area (Å²) in [7, 11) is 3.96. The topological polar surface area (TPSA) is 24.9 Å². The summed E-state index contributed by atoms with van der Waals surface area (Å²) >= 11 is 0. The molecule has 34 heavy (non-hydrogen) atoms. The van der Waals surface area contributed by atoms with Gasteiger partial charge in [-0.25, -0.2) is 0 Å². The molecule has 1 aromatic rings. The Kier molecular flexibility index (Phi) is 8.91. The number of hydrogen-bond acceptors (Lipinski definition) is 4. The molecule has 186 valence electrons. The van der Waals surface area contributed by atoms with E-state index in [0.717, 1.165) is 24.4 Å². The lowest BCUT2D eigenvalue weighted by Crippen LogP contribution is -2.47. The molecule has 1 aliphatic heterocycles. The second kappa shape index (κ2) is 12.1. The highest BCUT2D eigenvalue weighted by Crippen LogP contribution is 2.47. The monoisotopic (exact) mass is 464 g/mol. The van der Waals surface area contributed by atoms with Crippen LogP contribution in [-0.4, -0.2) is 63.3 Å². The lowest BCUT2D eigenvalue weighted by atomic mass is 9.65. The van der Waals surface area contributed by atoms with Crippen molar-refractivity contribution in [3.05, 3.63) is 65.5 Å². The van der Waals surface area contributed by atoms with E-state index in [1.54, 1.807) is 7.11 Å². The molecule has 3 aliphatic rings. The molecular weight excluding hydrogens is 420 g/mol. The highest BCUT2D eigenvalue weighted by atomic mass is 16.5. The number of piperazine rings is 1. The smallest absolute Gasteiger partial charge is 0.119 e. The van der Waals surface area contributed by atoms with Crippen LogP contribution in [0.2, 0.25) is 0 Å². The van der Waals surface area contributed by atoms with Crippen LogP contribution in [0.5, 0.6) is 5.75 Å². The van der Waals surface area contributed by atoms with E-state index in [0.29, 0.717) is 17.9 Å². The molecule has 4 rings (SSSR count). The SMILES string of the molecule is COC1=CC=C(CCOc2ccc(C(CN3CCN(C)CC3)C3(C)CCCCC3)cc2)CC=C1. The molecule has 0 bridgehead atoms. The van der Waals surface area contributed by atoms with Gasteiger partial charge in [0.1, 0.15) is 11.5 Å². The molecule has 1 aromatic carbocycles. The highest BCUT2D eigenvalue weighted by Gasteiger charge is 2.37. The van der Waals surface area contributed by atoms with E-state index in [1.165, 1.54) is 76.0 Å². The number of rotatable bonds is 9. The molecule has 1 heterocycles. The van der Waals surface area contributed by atoms with Crippen LogP contribution in [0, 0.1) is 5.41 Å². The van der Waals surface area contributed by atoms with Crippen molar-refractivity contribution in [2.45, 2.75) is 57.8 Å². The van der Waals surface area contributed by atoms with E-state index in [1.807, 2.05) is 12.2 Å². The Morgan fingerprint density at radius 1 is 0.971 bits per heavy atom. The van der Waals surface area contributed by atoms with Crippen molar-refractivity contribution in [3.8, 4) is 5.75 Å². The molecule has 0 aromatic heterocycles. The molecule has 4 nitrogen and oxygen atoms in total. The molecule has 1 atom stereocenters. The number of likely N-dealkylation sites (N-methyl/N-ethyl adjacent to an activating group) is 1. The Bertz CT molecular complexity index is 856. The molecule has 1 saturated heterocycles. The van der Waals surface area contributed by atoms with Gasteiger partial charge in [0.25, 0.3) is 0 Å². The first kappa shape index (κ1) is 25.1. The fourth-order valence-electron chi connectivity index (χ4n) is 5.79. The van der Waals surface area contributed by atoms with E-state index in [2.05, 4.69) is 60.2 Å². The summed E-state index contributed by atoms with van der Waals surface area (Å²) in [5.41, 5.74) is 3.26. The van der Waals surface area contributed by atoms with Gasteiger partial charge in [0.05, 0.1) is 13.7 Å². The Hall–Kier alpha value is -2.04. The van der Waals surface area contributed by atoms with Crippen LogP contribution < -0.4 is 4.74 Å². The van der Waals surface area contributed by atoms with Crippen molar-refractivity contribution >= 4 is 0 Å². The lowest BCUT2D eigenvalue weighted by Gasteiger charge is -2.44. The van der Waals surface area contributed by atoms with Gasteiger partial charge in [-0.2, -0.15) is 0 Å². The molecule has 1 unspecified atom stereocenters. The van der Waals surface area contributed by atoms with Gasteiger partial charge in [-0.05, 0) is 61.6 Å². The first-order valence-corrected chi connectivity index (χ1v) is 13.3. The van der Waals surface area contributed by atoms with Crippen molar-refractivity contribution in [3.63, 3.8) is 0 Å². The molecule has 0 N–H and O–H groups in total. The Morgan fingerprint density at radius 3 is 2.41 bits per heavy atom. The van der Waals surface area contributed by atoms with Crippen LogP contribution >= 0.6 is 0 Å². The zero-order valence-corrected chi connectivity index (χ0v) is 21.6. The second-order valence-electron chi connectivity index (χ2n) is 10.7.